The number of pyridine rings is 1. The second-order valence-electron chi connectivity index (χ2n) is 7.65. The molecule has 0 saturated heterocycles. The summed E-state index contributed by atoms with van der Waals surface area (Å²) in [7, 11) is 0. The molecule has 3 heterocycles. The van der Waals surface area contributed by atoms with Crippen LogP contribution in [0.2, 0.25) is 0 Å². The van der Waals surface area contributed by atoms with Gasteiger partial charge < -0.3 is 9.67 Å². The van der Waals surface area contributed by atoms with E-state index in [1.165, 1.54) is 0 Å². The summed E-state index contributed by atoms with van der Waals surface area (Å²) in [5, 5.41) is 9.29. The first kappa shape index (κ1) is 19.5. The number of hydrogen-bond donors (Lipinski definition) is 1. The average Bonchev–Trinajstić information content (AvgIpc) is 2.96. The highest BCUT2D eigenvalue weighted by Gasteiger charge is 2.18. The van der Waals surface area contributed by atoms with Crippen molar-refractivity contribution in [2.75, 3.05) is 6.61 Å². The first-order chi connectivity index (χ1) is 12.9. The minimum Gasteiger partial charge on any atom is -0.396 e. The lowest BCUT2D eigenvalue weighted by Crippen LogP contribution is -2.08. The zero-order valence-corrected chi connectivity index (χ0v) is 17.2. The summed E-state index contributed by atoms with van der Waals surface area (Å²) in [5.74, 6) is 0.406. The molecule has 0 bridgehead atoms. The fraction of sp³-hybridized carbons (Fsp3) is 0.500. The van der Waals surface area contributed by atoms with Crippen LogP contribution in [0.3, 0.4) is 0 Å². The molecule has 0 aromatic carbocycles. The number of fused-ring (bicyclic) bond motifs is 1. The molecule has 3 rings (SSSR count). The summed E-state index contributed by atoms with van der Waals surface area (Å²) in [4.78, 5) is 14.8. The Morgan fingerprint density at radius 1 is 1.07 bits per heavy atom. The largest absolute Gasteiger partial charge is 0.396 e. The van der Waals surface area contributed by atoms with E-state index in [0.717, 1.165) is 51.5 Å². The van der Waals surface area contributed by atoms with Gasteiger partial charge in [-0.2, -0.15) is 0 Å². The van der Waals surface area contributed by atoms with E-state index in [9.17, 15) is 5.11 Å². The molecule has 3 aromatic rings. The highest BCUT2D eigenvalue weighted by Crippen LogP contribution is 2.30. The molecule has 144 valence electrons. The maximum atomic E-state index is 9.29. The van der Waals surface area contributed by atoms with E-state index in [1.807, 2.05) is 6.92 Å². The molecule has 0 radical (unpaired) electrons. The summed E-state index contributed by atoms with van der Waals surface area (Å²) in [6, 6.07) is 4.43. The Hall–Kier alpha value is -2.27. The Morgan fingerprint density at radius 2 is 1.81 bits per heavy atom. The van der Waals surface area contributed by atoms with Gasteiger partial charge in [0, 0.05) is 35.8 Å². The van der Waals surface area contributed by atoms with Crippen molar-refractivity contribution in [1.82, 2.24) is 19.5 Å². The van der Waals surface area contributed by atoms with Gasteiger partial charge in [0.05, 0.1) is 11.4 Å². The Kier molecular flexibility index (Phi) is 5.61. The molecule has 0 spiro atoms. The number of nitrogens with zero attached hydrogens (tertiary/aromatic N) is 4. The molecule has 1 N–H and O–H groups in total. The van der Waals surface area contributed by atoms with Crippen LogP contribution in [0.4, 0.5) is 0 Å². The second kappa shape index (κ2) is 7.77. The van der Waals surface area contributed by atoms with Gasteiger partial charge >= 0.3 is 0 Å². The van der Waals surface area contributed by atoms with Crippen molar-refractivity contribution in [2.45, 2.75) is 66.3 Å². The molecule has 0 aliphatic rings. The lowest BCUT2D eigenvalue weighted by atomic mass is 10.0. The van der Waals surface area contributed by atoms with Crippen molar-refractivity contribution >= 4 is 11.2 Å². The first-order valence-corrected chi connectivity index (χ1v) is 9.84. The molecule has 0 unspecified atom stereocenters. The monoisotopic (exact) mass is 366 g/mol. The number of rotatable bonds is 6. The molecule has 5 heteroatoms. The minimum absolute atomic E-state index is 0.165. The second-order valence-corrected chi connectivity index (χ2v) is 7.65. The number of aliphatic hydroxyl groups excluding tert-OH is 1. The minimum atomic E-state index is 0.165. The standard InChI is InChI=1S/C22H30N4O/c1-7-18-17(8-9-19(24-18)13(2)3)21-16(6)23-22-20(25-21)14(4)12-26(22)15(5)10-11-27/h8-9,12-13,15,27H,7,10-11H2,1-6H3/t15-/m1/s1. The third-order valence-corrected chi connectivity index (χ3v) is 5.20. The van der Waals surface area contributed by atoms with Crippen LogP contribution in [0.5, 0.6) is 0 Å². The maximum absolute atomic E-state index is 9.29. The SMILES string of the molecule is CCc1nc(C(C)C)ccc1-c1nc2c(C)cn([C@H](C)CCO)c2nc1C. The normalized spacial score (nSPS) is 12.9. The fourth-order valence-electron chi connectivity index (χ4n) is 3.52. The van der Waals surface area contributed by atoms with Crippen LogP contribution in [0, 0.1) is 13.8 Å². The lowest BCUT2D eigenvalue weighted by molar-refractivity contribution is 0.264. The quantitative estimate of drug-likeness (QED) is 0.684. The first-order valence-electron chi connectivity index (χ1n) is 9.84. The molecule has 0 amide bonds. The maximum Gasteiger partial charge on any atom is 0.159 e. The zero-order valence-electron chi connectivity index (χ0n) is 17.2. The van der Waals surface area contributed by atoms with Crippen molar-refractivity contribution in [1.29, 1.82) is 0 Å². The van der Waals surface area contributed by atoms with E-state index in [-0.39, 0.29) is 12.6 Å². The van der Waals surface area contributed by atoms with Gasteiger partial charge in [0.15, 0.2) is 5.65 Å². The number of aliphatic hydroxyl groups is 1. The molecular weight excluding hydrogens is 336 g/mol. The van der Waals surface area contributed by atoms with E-state index < -0.39 is 0 Å². The number of hydrogen-bond acceptors (Lipinski definition) is 4. The van der Waals surface area contributed by atoms with Crippen molar-refractivity contribution in [3.63, 3.8) is 0 Å². The van der Waals surface area contributed by atoms with Crippen LogP contribution < -0.4 is 0 Å². The molecule has 0 aliphatic carbocycles. The van der Waals surface area contributed by atoms with Crippen LogP contribution in [0.25, 0.3) is 22.4 Å². The van der Waals surface area contributed by atoms with Gasteiger partial charge in [-0.3, -0.25) is 4.98 Å². The highest BCUT2D eigenvalue weighted by atomic mass is 16.3. The number of aromatic nitrogens is 4. The Labute approximate surface area is 161 Å². The van der Waals surface area contributed by atoms with Crippen LogP contribution in [0.15, 0.2) is 18.3 Å². The third-order valence-electron chi connectivity index (χ3n) is 5.20. The van der Waals surface area contributed by atoms with Crippen molar-refractivity contribution in [3.8, 4) is 11.3 Å². The van der Waals surface area contributed by atoms with Gasteiger partial charge in [-0.1, -0.05) is 20.8 Å². The van der Waals surface area contributed by atoms with E-state index in [2.05, 4.69) is 57.5 Å². The van der Waals surface area contributed by atoms with E-state index in [1.54, 1.807) is 0 Å². The zero-order chi connectivity index (χ0) is 19.7. The molecule has 5 nitrogen and oxygen atoms in total. The lowest BCUT2D eigenvalue weighted by Gasteiger charge is -2.15. The van der Waals surface area contributed by atoms with Crippen LogP contribution in [0.1, 0.15) is 68.7 Å². The summed E-state index contributed by atoms with van der Waals surface area (Å²) >= 11 is 0. The topological polar surface area (TPSA) is 63.8 Å². The van der Waals surface area contributed by atoms with Gasteiger partial charge in [-0.15, -0.1) is 0 Å². The highest BCUT2D eigenvalue weighted by molar-refractivity contribution is 5.80. The van der Waals surface area contributed by atoms with Crippen LogP contribution in [-0.4, -0.2) is 31.2 Å². The molecule has 27 heavy (non-hydrogen) atoms. The summed E-state index contributed by atoms with van der Waals surface area (Å²) in [6.07, 6.45) is 3.66. The van der Waals surface area contributed by atoms with Crippen LogP contribution in [-0.2, 0) is 6.42 Å². The van der Waals surface area contributed by atoms with Crippen LogP contribution >= 0.6 is 0 Å². The summed E-state index contributed by atoms with van der Waals surface area (Å²) < 4.78 is 2.13. The predicted molar refractivity (Wildman–Crippen MR) is 110 cm³/mol. The smallest absolute Gasteiger partial charge is 0.159 e. The van der Waals surface area contributed by atoms with Crippen molar-refractivity contribution in [2.24, 2.45) is 0 Å². The summed E-state index contributed by atoms with van der Waals surface area (Å²) in [6.45, 7) is 12.8. The molecule has 0 fully saturated rings. The summed E-state index contributed by atoms with van der Waals surface area (Å²) in [5.41, 5.74) is 8.00. The molecule has 0 saturated carbocycles. The van der Waals surface area contributed by atoms with Crippen molar-refractivity contribution in [3.05, 3.63) is 41.0 Å². The fourth-order valence-corrected chi connectivity index (χ4v) is 3.52. The van der Waals surface area contributed by atoms with Crippen molar-refractivity contribution < 1.29 is 5.11 Å². The van der Waals surface area contributed by atoms with Gasteiger partial charge in [0.1, 0.15) is 5.52 Å². The van der Waals surface area contributed by atoms with Gasteiger partial charge in [0.2, 0.25) is 0 Å². The number of aryl methyl sites for hydroxylation is 3. The molecule has 1 atom stereocenters. The van der Waals surface area contributed by atoms with E-state index in [4.69, 9.17) is 15.0 Å². The third kappa shape index (κ3) is 3.61. The molecular formula is C22H30N4O. The molecule has 0 aliphatic heterocycles. The van der Waals surface area contributed by atoms with Gasteiger partial charge in [-0.05, 0) is 57.2 Å². The predicted octanol–water partition coefficient (Wildman–Crippen LogP) is 4.74. The average molecular weight is 367 g/mol. The Balaban J connectivity index is 2.17. The van der Waals surface area contributed by atoms with Gasteiger partial charge in [-0.25, -0.2) is 9.97 Å². The van der Waals surface area contributed by atoms with Gasteiger partial charge in [0.25, 0.3) is 0 Å². The Bertz CT molecular complexity index is 959. The Morgan fingerprint density at radius 3 is 2.44 bits per heavy atom. The molecule has 3 aromatic heterocycles. The van der Waals surface area contributed by atoms with E-state index >= 15 is 0 Å². The van der Waals surface area contributed by atoms with E-state index in [0.29, 0.717) is 12.3 Å².